The van der Waals surface area contributed by atoms with Gasteiger partial charge in [0.15, 0.2) is 0 Å². The Hall–Kier alpha value is -10.5. The molecule has 41 nitrogen and oxygen atoms in total. The lowest BCUT2D eigenvalue weighted by Gasteiger charge is -2.33. The van der Waals surface area contributed by atoms with Crippen molar-refractivity contribution in [1.29, 1.82) is 0 Å². The number of nitrogens with two attached hydrogens (primary N) is 1. The number of rotatable bonds is 18. The minimum atomic E-state index is -1.94. The number of aliphatic carboxylic acids is 1. The van der Waals surface area contributed by atoms with E-state index >= 15 is 38.4 Å². The van der Waals surface area contributed by atoms with Gasteiger partial charge < -0.3 is 111 Å². The van der Waals surface area contributed by atoms with Crippen molar-refractivity contribution in [1.82, 2.24) is 101 Å². The lowest BCUT2D eigenvalue weighted by molar-refractivity contribution is -0.142. The Morgan fingerprint density at radius 3 is 1.74 bits per heavy atom. The average molecular weight is 1830 g/mol. The molecule has 6 rings (SSSR count). The summed E-state index contributed by atoms with van der Waals surface area (Å²) >= 11 is 3.62. The van der Waals surface area contributed by atoms with Crippen molar-refractivity contribution in [2.24, 2.45) is 29.4 Å². The number of carbonyl (C=O) groups is 20. The van der Waals surface area contributed by atoms with Crippen molar-refractivity contribution in [3.05, 3.63) is 59.8 Å². The molecule has 5 aliphatic rings. The van der Waals surface area contributed by atoms with Gasteiger partial charge in [0.05, 0.1) is 37.9 Å². The van der Waals surface area contributed by atoms with E-state index in [1.807, 2.05) is 0 Å². The van der Waals surface area contributed by atoms with E-state index in [1.54, 1.807) is 78.8 Å². The molecule has 19 atom stereocenters. The van der Waals surface area contributed by atoms with Crippen LogP contribution in [0.3, 0.4) is 0 Å². The topological polar surface area (TPSA) is 607 Å². The Balaban J connectivity index is 1.56. The first-order chi connectivity index (χ1) is 59.0. The number of benzene rings is 1. The predicted octanol–water partition coefficient (Wildman–Crippen LogP) is -4.75. The number of hydrogen-bond acceptors (Lipinski definition) is 25. The largest absolute Gasteiger partial charge is 0.481 e. The third kappa shape index (κ3) is 32.4. The SMILES string of the molecule is C=C1NC(=O)C2NC(=O)[C@H](CC(C)C)NC(=O)[C@H](NC(=O)[C@@H]3CS[C@@H](C)[C@@H](NC(=O)[C@H](Cc4ccccc4)NC(=O)[C@@H]4NC(=O)[C@@H](N)CS[C@H]4C)C(=O)N[C@@H](CC(C)C)C(=O)N4CCC[C@H]4C(=O)NCC(=O)NCC(=O)NCC(=O)NCC(=O)N[C@@H](C(C)C)C(=O)N3)[C@H](C)SC[C@H](NC(=O)[C@H](CCC(=O)O)NC1=O)C(=O)N[C@@H]([C@H](C)CC)C(=O)N/C=C/S[C@H]2C. The first-order valence-corrected chi connectivity index (χ1v) is 45.5. The fourth-order valence-electron chi connectivity index (χ4n) is 13.6. The van der Waals surface area contributed by atoms with E-state index in [-0.39, 0.29) is 50.3 Å². The lowest BCUT2D eigenvalue weighted by Crippen LogP contribution is -2.63. The lowest BCUT2D eigenvalue weighted by atomic mass is 9.98. The molecule has 5 aliphatic heterocycles. The van der Waals surface area contributed by atoms with Gasteiger partial charge in [-0.2, -0.15) is 35.3 Å². The van der Waals surface area contributed by atoms with Gasteiger partial charge in [0.1, 0.15) is 78.5 Å². The van der Waals surface area contributed by atoms with Crippen LogP contribution in [-0.2, 0) is 102 Å². The van der Waals surface area contributed by atoms with E-state index in [2.05, 4.69) is 102 Å². The van der Waals surface area contributed by atoms with Crippen LogP contribution in [0.25, 0.3) is 0 Å². The summed E-state index contributed by atoms with van der Waals surface area (Å²) in [6, 6.07) is -13.5. The molecule has 0 saturated carbocycles. The quantitative estimate of drug-likeness (QED) is 0.0485. The molecule has 45 heteroatoms. The summed E-state index contributed by atoms with van der Waals surface area (Å²) in [5.41, 5.74) is 5.93. The Kier molecular flexibility index (Phi) is 41.3. The number of carboxylic acid groups (broad SMARTS) is 1. The van der Waals surface area contributed by atoms with Crippen LogP contribution in [0.4, 0.5) is 0 Å². The molecule has 0 radical (unpaired) electrons. The second-order valence-corrected chi connectivity index (χ2v) is 37.9. The molecular formula is C80H120N20O21S4. The Labute approximate surface area is 742 Å². The summed E-state index contributed by atoms with van der Waals surface area (Å²) < 4.78 is 0. The second kappa shape index (κ2) is 50.0. The van der Waals surface area contributed by atoms with Crippen molar-refractivity contribution in [2.45, 2.75) is 240 Å². The highest BCUT2D eigenvalue weighted by atomic mass is 32.2. The fraction of sp³-hybridized carbons (Fsp3) is 0.625. The van der Waals surface area contributed by atoms with E-state index in [0.717, 1.165) is 35.3 Å². The van der Waals surface area contributed by atoms with E-state index in [1.165, 1.54) is 62.9 Å². The fourth-order valence-corrected chi connectivity index (χ4v) is 17.6. The van der Waals surface area contributed by atoms with Crippen molar-refractivity contribution in [3.63, 3.8) is 0 Å². The minimum Gasteiger partial charge on any atom is -0.481 e. The van der Waals surface area contributed by atoms with Crippen LogP contribution >= 0.6 is 47.0 Å². The van der Waals surface area contributed by atoms with Crippen molar-refractivity contribution in [2.75, 3.05) is 50.0 Å². The molecule has 1 unspecified atom stereocenters. The van der Waals surface area contributed by atoms with Crippen LogP contribution in [0.5, 0.6) is 0 Å². The Bertz CT molecular complexity index is 4170. The van der Waals surface area contributed by atoms with Gasteiger partial charge in [-0.25, -0.2) is 0 Å². The molecule has 0 aromatic heterocycles. The average Bonchev–Trinajstić information content (AvgIpc) is 1.75. The highest BCUT2D eigenvalue weighted by molar-refractivity contribution is 8.02. The maximum atomic E-state index is 16.0. The summed E-state index contributed by atoms with van der Waals surface area (Å²) in [5, 5.41) is 53.2. The summed E-state index contributed by atoms with van der Waals surface area (Å²) in [4.78, 5) is 289. The number of nitrogens with one attached hydrogen (secondary N) is 18. The second-order valence-electron chi connectivity index (χ2n) is 32.4. The van der Waals surface area contributed by atoms with Crippen LogP contribution in [0, 0.1) is 23.7 Å². The zero-order chi connectivity index (χ0) is 92.8. The van der Waals surface area contributed by atoms with Gasteiger partial charge in [-0.3, -0.25) is 95.9 Å². The van der Waals surface area contributed by atoms with Crippen molar-refractivity contribution < 1.29 is 101 Å². The van der Waals surface area contributed by atoms with Crippen molar-refractivity contribution >= 4 is 165 Å². The highest BCUT2D eigenvalue weighted by Gasteiger charge is 2.45. The molecule has 2 bridgehead atoms. The number of carboxylic acids is 1. The van der Waals surface area contributed by atoms with Crippen LogP contribution in [0.15, 0.2) is 54.2 Å². The normalized spacial score (nSPS) is 29.0. The van der Waals surface area contributed by atoms with E-state index < -0.39 is 298 Å². The summed E-state index contributed by atoms with van der Waals surface area (Å²) in [5.74, 6) is -23.0. The minimum absolute atomic E-state index is 0.00610. The van der Waals surface area contributed by atoms with Gasteiger partial charge in [0, 0.05) is 63.8 Å². The monoisotopic (exact) mass is 1820 g/mol. The zero-order valence-corrected chi connectivity index (χ0v) is 75.3. The maximum Gasteiger partial charge on any atom is 0.303 e. The first kappa shape index (κ1) is 103. The number of amides is 19. The van der Waals surface area contributed by atoms with Crippen LogP contribution < -0.4 is 101 Å². The van der Waals surface area contributed by atoms with E-state index in [9.17, 15) is 62.6 Å². The molecule has 690 valence electrons. The van der Waals surface area contributed by atoms with Gasteiger partial charge in [0.25, 0.3) is 5.91 Å². The molecule has 19 amide bonds. The number of hydrogen-bond donors (Lipinski definition) is 20. The van der Waals surface area contributed by atoms with Gasteiger partial charge in [-0.1, -0.05) is 126 Å². The maximum absolute atomic E-state index is 16.0. The number of carbonyl (C=O) groups excluding carboxylic acids is 19. The predicted molar refractivity (Wildman–Crippen MR) is 466 cm³/mol. The number of fused-ring (bicyclic) bond motifs is 10. The third-order valence-electron chi connectivity index (χ3n) is 21.0. The van der Waals surface area contributed by atoms with Gasteiger partial charge >= 0.3 is 5.97 Å². The van der Waals surface area contributed by atoms with E-state index in [0.29, 0.717) is 12.0 Å². The van der Waals surface area contributed by atoms with E-state index in [4.69, 9.17) is 5.73 Å². The highest BCUT2D eigenvalue weighted by Crippen LogP contribution is 2.27. The van der Waals surface area contributed by atoms with Gasteiger partial charge in [0.2, 0.25) is 106 Å². The Morgan fingerprint density at radius 1 is 0.560 bits per heavy atom. The first-order valence-electron chi connectivity index (χ1n) is 41.5. The summed E-state index contributed by atoms with van der Waals surface area (Å²) in [6.07, 6.45) is 0.0583. The number of nitrogens with zero attached hydrogens (tertiary/aromatic N) is 1. The molecule has 0 spiro atoms. The van der Waals surface area contributed by atoms with Crippen LogP contribution in [0.1, 0.15) is 134 Å². The Morgan fingerprint density at radius 2 is 1.14 bits per heavy atom. The summed E-state index contributed by atoms with van der Waals surface area (Å²) in [7, 11) is 0. The molecule has 5 heterocycles. The van der Waals surface area contributed by atoms with Crippen LogP contribution in [0.2, 0.25) is 0 Å². The molecular weight excluding hydrogens is 1710 g/mol. The van der Waals surface area contributed by atoms with Gasteiger partial charge in [-0.05, 0) is 66.7 Å². The third-order valence-corrected chi connectivity index (χ3v) is 26.0. The zero-order valence-electron chi connectivity index (χ0n) is 72.0. The summed E-state index contributed by atoms with van der Waals surface area (Å²) in [6.45, 7) is 20.1. The van der Waals surface area contributed by atoms with Gasteiger partial charge in [-0.15, -0.1) is 11.8 Å². The van der Waals surface area contributed by atoms with Crippen molar-refractivity contribution in [3.8, 4) is 0 Å². The molecule has 21 N–H and O–H groups in total. The standard InChI is InChI=1S/C80H120N20O21S4/c1-14-40(8)61-74(115)82-24-26-122-42(10)62-76(117)87-41(9)66(107)88-48(22-23-59(105)106)68(109)92-52(71(112)95-61)35-124-44(12)64(78(119)89-49(27-37(2)3)69(110)97-62)99-72(113)53-36-125-45(13)65(98-70(111)50(29-46-19-16-15-17-20-46)90-77(118)63-43(11)123-34-47(81)67(108)96-63)79(120)91-51(28-38(4)5)80(121)100-25-18-21-54(100)73(114)86-32-57(103)84-30-55(101)83-31-56(102)85-33-58(104)94-60(39(6)7)75(116)93-53/h15-17,19-20,24,26,37-40,42-45,47-54,60-65H,9,14,18,21-23,25,27-36,81H2,1-8,10-13H3,(H,82,115)(H,83,101)(H,84,103)(H,85,102)(H,86,114)(H,87,117)(H,88,107)(H,89,119)(H,90,118)(H,91,120)(H,92,109)(H,93,116)(H,94,104)(H,95,112)(H,96,108)(H,97,110)(H,98,111)(H,99,113)(H,105,106)/b26-24+/t40-,42+,43+,44+,45+,47+,48+,49+,50+,51+,52+,53+,54+,60+,61+,62?,63-,64-,65-/m1/s1. The number of thioether (sulfide) groups is 4. The molecule has 1 aromatic carbocycles. The molecule has 4 fully saturated rings. The van der Waals surface area contributed by atoms with Crippen LogP contribution in [-0.4, -0.2) is 284 Å². The smallest absolute Gasteiger partial charge is 0.303 e. The molecule has 0 aliphatic carbocycles. The molecule has 4 saturated heterocycles. The molecule has 125 heavy (non-hydrogen) atoms. The molecule has 1 aromatic rings.